The highest BCUT2D eigenvalue weighted by molar-refractivity contribution is 6.02. The number of hydrogen-bond acceptors (Lipinski definition) is 8. The molecule has 1 saturated carbocycles. The Labute approximate surface area is 174 Å². The molecule has 9 heteroatoms. The molecule has 0 amide bonds. The van der Waals surface area contributed by atoms with Crippen LogP contribution in [0.2, 0.25) is 0 Å². The molecule has 0 bridgehead atoms. The fourth-order valence-electron chi connectivity index (χ4n) is 3.87. The summed E-state index contributed by atoms with van der Waals surface area (Å²) >= 11 is 0. The zero-order chi connectivity index (χ0) is 22.8. The third-order valence-electron chi connectivity index (χ3n) is 4.94. The van der Waals surface area contributed by atoms with E-state index in [0.717, 1.165) is 0 Å². The van der Waals surface area contributed by atoms with Gasteiger partial charge in [-0.3, -0.25) is 24.5 Å². The average Bonchev–Trinajstić information content (AvgIpc) is 2.58. The van der Waals surface area contributed by atoms with E-state index in [2.05, 4.69) is 0 Å². The van der Waals surface area contributed by atoms with Crippen molar-refractivity contribution in [3.63, 3.8) is 0 Å². The molecule has 0 aliphatic heterocycles. The number of nitro benzene ring substituents is 1. The van der Waals surface area contributed by atoms with E-state index in [0.29, 0.717) is 0 Å². The van der Waals surface area contributed by atoms with Gasteiger partial charge in [-0.25, -0.2) is 0 Å². The number of carbonyl (C=O) groups is 3. The second-order valence-corrected chi connectivity index (χ2v) is 8.30. The number of rotatable bonds is 6. The smallest absolute Gasteiger partial charge is 0.317 e. The molecule has 2 rings (SSSR count). The number of non-ortho nitro benzene ring substituents is 1. The van der Waals surface area contributed by atoms with Gasteiger partial charge >= 0.3 is 11.9 Å². The highest BCUT2D eigenvalue weighted by Crippen LogP contribution is 2.47. The first-order valence-corrected chi connectivity index (χ1v) is 9.75. The Balaban J connectivity index is 2.67. The van der Waals surface area contributed by atoms with Gasteiger partial charge in [0.2, 0.25) is 0 Å². The van der Waals surface area contributed by atoms with Crippen molar-refractivity contribution in [3.8, 4) is 0 Å². The van der Waals surface area contributed by atoms with Crippen molar-refractivity contribution in [1.29, 1.82) is 0 Å². The Kier molecular flexibility index (Phi) is 6.97. The third-order valence-corrected chi connectivity index (χ3v) is 4.94. The Morgan fingerprint density at radius 3 is 2.27 bits per heavy atom. The number of nitrogens with zero attached hydrogens (tertiary/aromatic N) is 1. The van der Waals surface area contributed by atoms with Crippen LogP contribution < -0.4 is 0 Å². The number of esters is 2. The molecule has 9 nitrogen and oxygen atoms in total. The fourth-order valence-corrected chi connectivity index (χ4v) is 3.87. The van der Waals surface area contributed by atoms with Crippen LogP contribution in [0.25, 0.3) is 0 Å². The van der Waals surface area contributed by atoms with Crippen LogP contribution in [-0.4, -0.2) is 45.6 Å². The van der Waals surface area contributed by atoms with Gasteiger partial charge in [-0.05, 0) is 40.2 Å². The van der Waals surface area contributed by atoms with Crippen LogP contribution in [-0.2, 0) is 23.9 Å². The number of ketones is 1. The molecule has 164 valence electrons. The predicted octanol–water partition coefficient (Wildman–Crippen LogP) is 2.54. The van der Waals surface area contributed by atoms with Crippen LogP contribution in [0, 0.1) is 22.0 Å². The molecule has 1 aromatic rings. The maximum absolute atomic E-state index is 12.9. The first-order valence-electron chi connectivity index (χ1n) is 9.75. The summed E-state index contributed by atoms with van der Waals surface area (Å²) in [5, 5.41) is 22.2. The van der Waals surface area contributed by atoms with Crippen molar-refractivity contribution in [2.75, 3.05) is 0 Å². The molecular formula is C21H27NO8. The number of carbonyl (C=O) groups excluding carboxylic acids is 3. The Morgan fingerprint density at radius 1 is 1.17 bits per heavy atom. The van der Waals surface area contributed by atoms with Gasteiger partial charge in [0.05, 0.1) is 28.7 Å². The minimum Gasteiger partial charge on any atom is -0.463 e. The van der Waals surface area contributed by atoms with E-state index in [1.165, 1.54) is 31.2 Å². The number of hydrogen-bond donors (Lipinski definition) is 1. The molecular weight excluding hydrogens is 394 g/mol. The summed E-state index contributed by atoms with van der Waals surface area (Å²) in [4.78, 5) is 49.3. The normalized spacial score (nSPS) is 26.5. The standard InChI is InChI=1S/C21H27NO8/c1-11(2)29-19(24)17-15(23)10-21(5,26)18(20(25)30-12(3)4)16(17)13-7-6-8-14(9-13)22(27)28/h6-9,11-12,16-18,26H,10H2,1-5H3/t16-,17+,18+,21-/m0/s1. The maximum Gasteiger partial charge on any atom is 0.317 e. The van der Waals surface area contributed by atoms with Crippen LogP contribution >= 0.6 is 0 Å². The number of nitro groups is 1. The summed E-state index contributed by atoms with van der Waals surface area (Å²) in [5.74, 6) is -6.12. The highest BCUT2D eigenvalue weighted by Gasteiger charge is 2.57. The summed E-state index contributed by atoms with van der Waals surface area (Å²) in [5.41, 5.74) is -1.88. The summed E-state index contributed by atoms with van der Waals surface area (Å²) in [6.07, 6.45) is -1.47. The van der Waals surface area contributed by atoms with Gasteiger partial charge in [0, 0.05) is 24.5 Å². The van der Waals surface area contributed by atoms with Gasteiger partial charge in [0.1, 0.15) is 5.92 Å². The molecule has 0 spiro atoms. The minimum atomic E-state index is -1.81. The van der Waals surface area contributed by atoms with Gasteiger partial charge in [-0.2, -0.15) is 0 Å². The molecule has 1 aromatic carbocycles. The summed E-state index contributed by atoms with van der Waals surface area (Å²) in [6, 6.07) is 5.34. The van der Waals surface area contributed by atoms with E-state index >= 15 is 0 Å². The highest BCUT2D eigenvalue weighted by atomic mass is 16.6. The Bertz CT molecular complexity index is 837. The van der Waals surface area contributed by atoms with E-state index in [-0.39, 0.29) is 11.3 Å². The van der Waals surface area contributed by atoms with Crippen molar-refractivity contribution in [2.45, 2.75) is 64.8 Å². The van der Waals surface area contributed by atoms with Crippen LogP contribution in [0.5, 0.6) is 0 Å². The lowest BCUT2D eigenvalue weighted by Crippen LogP contribution is -2.55. The molecule has 1 aliphatic carbocycles. The van der Waals surface area contributed by atoms with Gasteiger partial charge in [0.25, 0.3) is 5.69 Å². The van der Waals surface area contributed by atoms with Crippen molar-refractivity contribution < 1.29 is 33.9 Å². The second-order valence-electron chi connectivity index (χ2n) is 8.30. The van der Waals surface area contributed by atoms with Gasteiger partial charge in [-0.15, -0.1) is 0 Å². The zero-order valence-corrected chi connectivity index (χ0v) is 17.7. The van der Waals surface area contributed by atoms with Crippen LogP contribution in [0.3, 0.4) is 0 Å². The molecule has 4 atom stereocenters. The van der Waals surface area contributed by atoms with E-state index in [1.807, 2.05) is 0 Å². The predicted molar refractivity (Wildman–Crippen MR) is 106 cm³/mol. The van der Waals surface area contributed by atoms with E-state index < -0.39 is 64.6 Å². The number of ether oxygens (including phenoxy) is 2. The Morgan fingerprint density at radius 2 is 1.73 bits per heavy atom. The lowest BCUT2D eigenvalue weighted by Gasteiger charge is -2.43. The van der Waals surface area contributed by atoms with Crippen molar-refractivity contribution in [2.24, 2.45) is 11.8 Å². The molecule has 1 fully saturated rings. The average molecular weight is 421 g/mol. The molecule has 0 saturated heterocycles. The number of benzene rings is 1. The largest absolute Gasteiger partial charge is 0.463 e. The first kappa shape index (κ1) is 23.5. The van der Waals surface area contributed by atoms with Gasteiger partial charge < -0.3 is 14.6 Å². The van der Waals surface area contributed by atoms with Crippen LogP contribution in [0.4, 0.5) is 5.69 Å². The molecule has 1 N–H and O–H groups in total. The molecule has 0 unspecified atom stereocenters. The summed E-state index contributed by atoms with van der Waals surface area (Å²) in [7, 11) is 0. The number of aliphatic hydroxyl groups is 1. The third kappa shape index (κ3) is 5.02. The van der Waals surface area contributed by atoms with E-state index in [1.54, 1.807) is 27.7 Å². The molecule has 1 aliphatic rings. The number of Topliss-reactive ketones (excluding diaryl/α,β-unsaturated/α-hetero) is 1. The zero-order valence-electron chi connectivity index (χ0n) is 17.7. The summed E-state index contributed by atoms with van der Waals surface area (Å²) in [6.45, 7) is 7.83. The summed E-state index contributed by atoms with van der Waals surface area (Å²) < 4.78 is 10.5. The van der Waals surface area contributed by atoms with Gasteiger partial charge in [0.15, 0.2) is 5.78 Å². The second kappa shape index (κ2) is 8.91. The van der Waals surface area contributed by atoms with Crippen LogP contribution in [0.15, 0.2) is 24.3 Å². The molecule has 30 heavy (non-hydrogen) atoms. The SMILES string of the molecule is CC(C)OC(=O)[C@@H]1C(=O)C[C@](C)(O)[C@@H](C(=O)OC(C)C)[C@H]1c1cccc([N+](=O)[O-])c1. The minimum absolute atomic E-state index is 0.203. The fraction of sp³-hybridized carbons (Fsp3) is 0.571. The monoisotopic (exact) mass is 421 g/mol. The van der Waals surface area contributed by atoms with Crippen LogP contribution in [0.1, 0.15) is 52.5 Å². The van der Waals surface area contributed by atoms with Crippen molar-refractivity contribution in [1.82, 2.24) is 0 Å². The van der Waals surface area contributed by atoms with E-state index in [4.69, 9.17) is 9.47 Å². The molecule has 0 heterocycles. The first-order chi connectivity index (χ1) is 13.8. The quantitative estimate of drug-likeness (QED) is 0.321. The molecule has 0 aromatic heterocycles. The molecule has 0 radical (unpaired) electrons. The van der Waals surface area contributed by atoms with Gasteiger partial charge in [-0.1, -0.05) is 12.1 Å². The maximum atomic E-state index is 12.9. The van der Waals surface area contributed by atoms with E-state index in [9.17, 15) is 29.6 Å². The Hall–Kier alpha value is -2.81. The topological polar surface area (TPSA) is 133 Å². The lowest BCUT2D eigenvalue weighted by atomic mass is 9.61. The van der Waals surface area contributed by atoms with Crippen molar-refractivity contribution >= 4 is 23.4 Å². The van der Waals surface area contributed by atoms with Crippen molar-refractivity contribution in [3.05, 3.63) is 39.9 Å². The lowest BCUT2D eigenvalue weighted by molar-refractivity contribution is -0.385.